The lowest BCUT2D eigenvalue weighted by Crippen LogP contribution is -2.63. The first-order valence-corrected chi connectivity index (χ1v) is 25.8. The summed E-state index contributed by atoms with van der Waals surface area (Å²) in [5.41, 5.74) is 3.43. The standard InChI is InChI=1S/C50H63F3N6O6Si/c1-28(2)66(29(3)4,30(5)6)19-16-35-37(52)14-12-31-20-34(64-27-61-10)21-36(40(31)35)43-42(53)44-41-45(56-47(55-44)63-26-50-17-11-18-57(50)23-32(51)22-50)58-24-33-13-15-38(39(58)25-62-46(41)54-43)59(33)48(60)65-49(7,8)9/h12,14,20-21,28-30,32-33,38-39H,11,13,15,17-18,22-27H2,1-10H3/t32-,33+,38-,39-,50+/m1/s1. The first kappa shape index (κ1) is 46.3. The van der Waals surface area contributed by atoms with Crippen molar-refractivity contribution in [2.45, 2.75) is 146 Å². The van der Waals surface area contributed by atoms with E-state index >= 15 is 8.78 Å². The van der Waals surface area contributed by atoms with E-state index in [4.69, 9.17) is 38.6 Å². The number of anilines is 1. The number of methoxy groups -OCH3 is 1. The number of carbonyl (C=O) groups excluding carboxylic acids is 1. The fourth-order valence-electron chi connectivity index (χ4n) is 12.1. The fraction of sp³-hybridized carbons (Fsp3) is 0.600. The van der Waals surface area contributed by atoms with Crippen molar-refractivity contribution in [2.75, 3.05) is 51.7 Å². The van der Waals surface area contributed by atoms with Crippen molar-refractivity contribution in [3.63, 3.8) is 0 Å². The van der Waals surface area contributed by atoms with Crippen LogP contribution in [-0.4, -0.2) is 121 Å². The number of fused-ring (bicyclic) bond motifs is 7. The van der Waals surface area contributed by atoms with Gasteiger partial charge in [-0.1, -0.05) is 53.5 Å². The zero-order chi connectivity index (χ0) is 47.0. The van der Waals surface area contributed by atoms with Crippen LogP contribution in [0.4, 0.5) is 23.8 Å². The molecule has 0 spiro atoms. The maximum atomic E-state index is 18.1. The van der Waals surface area contributed by atoms with E-state index in [-0.39, 0.29) is 88.3 Å². The van der Waals surface area contributed by atoms with Crippen molar-refractivity contribution in [3.05, 3.63) is 41.5 Å². The number of hydrogen-bond donors (Lipinski definition) is 0. The summed E-state index contributed by atoms with van der Waals surface area (Å²) in [6.07, 6.45) is 2.07. The smallest absolute Gasteiger partial charge is 0.410 e. The minimum absolute atomic E-state index is 0.0670. The molecule has 0 saturated carbocycles. The third-order valence-electron chi connectivity index (χ3n) is 14.9. The summed E-state index contributed by atoms with van der Waals surface area (Å²) < 4.78 is 79.9. The van der Waals surface area contributed by atoms with E-state index in [9.17, 15) is 9.18 Å². The van der Waals surface area contributed by atoms with Gasteiger partial charge in [0.05, 0.1) is 29.2 Å². The van der Waals surface area contributed by atoms with Gasteiger partial charge in [0.2, 0.25) is 5.88 Å². The second kappa shape index (κ2) is 17.3. The number of hydrogen-bond acceptors (Lipinski definition) is 11. The highest BCUT2D eigenvalue weighted by atomic mass is 28.3. The number of piperazine rings is 1. The molecule has 5 aliphatic heterocycles. The molecule has 66 heavy (non-hydrogen) atoms. The lowest BCUT2D eigenvalue weighted by atomic mass is 9.95. The molecular formula is C50H63F3N6O6Si. The monoisotopic (exact) mass is 928 g/mol. The van der Waals surface area contributed by atoms with E-state index in [1.54, 1.807) is 18.2 Å². The molecule has 0 radical (unpaired) electrons. The SMILES string of the molecule is COCOc1cc(-c2nc3c4c(nc(OC[C@@]56CCCN5C[C@H](F)C6)nc4c2F)N2C[C@@H]4CC[C@H]([C@H]2CO3)N4C(=O)OC(C)(C)C)c2c(C#C[Si](C(C)C)(C(C)C)C(C)C)c(F)ccc2c1. The van der Waals surface area contributed by atoms with Gasteiger partial charge in [-0.3, -0.25) is 9.80 Å². The van der Waals surface area contributed by atoms with E-state index in [0.717, 1.165) is 25.8 Å². The molecule has 4 fully saturated rings. The van der Waals surface area contributed by atoms with Crippen LogP contribution in [0, 0.1) is 23.1 Å². The number of halogens is 3. The molecule has 7 heterocycles. The van der Waals surface area contributed by atoms with Crippen LogP contribution < -0.4 is 19.1 Å². The number of carbonyl (C=O) groups is 1. The molecule has 2 aromatic heterocycles. The normalized spacial score (nSPS) is 23.9. The number of pyridine rings is 1. The molecule has 0 unspecified atom stereocenters. The van der Waals surface area contributed by atoms with Gasteiger partial charge in [0.15, 0.2) is 12.6 Å². The van der Waals surface area contributed by atoms with Crippen LogP contribution in [0.1, 0.15) is 100.0 Å². The van der Waals surface area contributed by atoms with Crippen molar-refractivity contribution in [1.29, 1.82) is 0 Å². The minimum atomic E-state index is -2.36. The Kier molecular flexibility index (Phi) is 12.2. The van der Waals surface area contributed by atoms with E-state index < -0.39 is 49.2 Å². The number of rotatable bonds is 10. The van der Waals surface area contributed by atoms with E-state index in [0.29, 0.717) is 48.3 Å². The quantitative estimate of drug-likeness (QED) is 0.0861. The summed E-state index contributed by atoms with van der Waals surface area (Å²) in [6.45, 7) is 20.3. The molecule has 12 nitrogen and oxygen atoms in total. The number of benzene rings is 2. The largest absolute Gasteiger partial charge is 0.475 e. The topological polar surface area (TPSA) is 112 Å². The zero-order valence-electron chi connectivity index (χ0n) is 39.9. The number of nitrogens with zero attached hydrogens (tertiary/aromatic N) is 6. The van der Waals surface area contributed by atoms with Crippen molar-refractivity contribution < 1.29 is 41.7 Å². The van der Waals surface area contributed by atoms with Gasteiger partial charge in [-0.05, 0) is 93.2 Å². The fourth-order valence-corrected chi connectivity index (χ4v) is 17.3. The van der Waals surface area contributed by atoms with Crippen molar-refractivity contribution in [1.82, 2.24) is 24.8 Å². The second-order valence-electron chi connectivity index (χ2n) is 20.9. The Hall–Kier alpha value is -4.85. The van der Waals surface area contributed by atoms with Gasteiger partial charge in [-0.25, -0.2) is 22.9 Å². The third kappa shape index (κ3) is 7.90. The van der Waals surface area contributed by atoms with Gasteiger partial charge in [0, 0.05) is 37.6 Å². The van der Waals surface area contributed by atoms with E-state index in [1.807, 2.05) is 25.7 Å². The van der Waals surface area contributed by atoms with Crippen LogP contribution in [0.25, 0.3) is 32.9 Å². The van der Waals surface area contributed by atoms with Gasteiger partial charge < -0.3 is 28.6 Å². The predicted octanol–water partition coefficient (Wildman–Crippen LogP) is 9.98. The summed E-state index contributed by atoms with van der Waals surface area (Å²) >= 11 is 0. The lowest BCUT2D eigenvalue weighted by molar-refractivity contribution is 0.00537. The Bertz CT molecular complexity index is 2590. The molecule has 0 aliphatic carbocycles. The summed E-state index contributed by atoms with van der Waals surface area (Å²) in [5.74, 6) is 2.81. The number of aromatic nitrogens is 3. The Morgan fingerprint density at radius 2 is 1.74 bits per heavy atom. The molecule has 1 amide bonds. The Morgan fingerprint density at radius 3 is 2.45 bits per heavy atom. The van der Waals surface area contributed by atoms with Gasteiger partial charge in [0.25, 0.3) is 0 Å². The molecule has 2 bridgehead atoms. The lowest BCUT2D eigenvalue weighted by Gasteiger charge is -2.46. The van der Waals surface area contributed by atoms with Gasteiger partial charge in [0.1, 0.15) is 67.0 Å². The zero-order valence-corrected chi connectivity index (χ0v) is 40.9. The highest BCUT2D eigenvalue weighted by molar-refractivity contribution is 6.90. The van der Waals surface area contributed by atoms with Gasteiger partial charge in [-0.2, -0.15) is 9.97 Å². The van der Waals surface area contributed by atoms with E-state index in [2.05, 4.69) is 62.8 Å². The number of alkyl halides is 1. The number of ether oxygens (including phenoxy) is 5. The second-order valence-corrected chi connectivity index (χ2v) is 26.5. The molecule has 4 saturated heterocycles. The first-order valence-electron chi connectivity index (χ1n) is 23.6. The van der Waals surface area contributed by atoms with Gasteiger partial charge in [-0.15, -0.1) is 5.54 Å². The van der Waals surface area contributed by atoms with Crippen LogP contribution in [0.5, 0.6) is 17.6 Å². The van der Waals surface area contributed by atoms with E-state index in [1.165, 1.54) is 13.2 Å². The molecule has 16 heteroatoms. The van der Waals surface area contributed by atoms with Crippen LogP contribution in [0.2, 0.25) is 16.6 Å². The van der Waals surface area contributed by atoms with Crippen LogP contribution >= 0.6 is 0 Å². The number of amides is 1. The van der Waals surface area contributed by atoms with Gasteiger partial charge >= 0.3 is 12.1 Å². The molecular weight excluding hydrogens is 866 g/mol. The average Bonchev–Trinajstić information content (AvgIpc) is 3.86. The molecule has 9 rings (SSSR count). The summed E-state index contributed by atoms with van der Waals surface area (Å²) in [6, 6.07) is 5.41. The van der Waals surface area contributed by atoms with Crippen molar-refractivity contribution in [2.24, 2.45) is 0 Å². The molecule has 2 aromatic carbocycles. The van der Waals surface area contributed by atoms with Crippen molar-refractivity contribution >= 4 is 41.7 Å². The summed E-state index contributed by atoms with van der Waals surface area (Å²) in [7, 11) is -0.860. The molecule has 5 aliphatic rings. The molecule has 0 N–H and O–H groups in total. The summed E-state index contributed by atoms with van der Waals surface area (Å²) in [5, 5.41) is 1.19. The Labute approximate surface area is 386 Å². The Morgan fingerprint density at radius 1 is 0.985 bits per heavy atom. The minimum Gasteiger partial charge on any atom is -0.475 e. The summed E-state index contributed by atoms with van der Waals surface area (Å²) in [4.78, 5) is 34.6. The van der Waals surface area contributed by atoms with Crippen LogP contribution in [0.15, 0.2) is 24.3 Å². The average molecular weight is 929 g/mol. The molecule has 354 valence electrons. The van der Waals surface area contributed by atoms with Crippen LogP contribution in [0.3, 0.4) is 0 Å². The highest BCUT2D eigenvalue weighted by Gasteiger charge is 2.53. The highest BCUT2D eigenvalue weighted by Crippen LogP contribution is 2.48. The maximum absolute atomic E-state index is 18.1. The maximum Gasteiger partial charge on any atom is 0.410 e. The van der Waals surface area contributed by atoms with Crippen LogP contribution in [-0.2, 0) is 9.47 Å². The van der Waals surface area contributed by atoms with Crippen molar-refractivity contribution in [3.8, 4) is 40.4 Å². The third-order valence-corrected chi connectivity index (χ3v) is 21.2. The molecule has 4 aromatic rings. The first-order chi connectivity index (χ1) is 31.4. The predicted molar refractivity (Wildman–Crippen MR) is 251 cm³/mol. The molecule has 5 atom stereocenters. The Balaban J connectivity index is 1.25.